The Hall–Kier alpha value is -2.55. The van der Waals surface area contributed by atoms with Gasteiger partial charge in [-0.2, -0.15) is 0 Å². The van der Waals surface area contributed by atoms with E-state index in [4.69, 9.17) is 0 Å². The molecule has 0 aliphatic heterocycles. The topological polar surface area (TPSA) is 25.2 Å². The second-order valence-electron chi connectivity index (χ2n) is 4.82. The first kappa shape index (κ1) is 12.5. The minimum Gasteiger partial charge on any atom is -0.273 e. The molecule has 0 saturated heterocycles. The van der Waals surface area contributed by atoms with Crippen molar-refractivity contribution >= 4 is 22.5 Å². The van der Waals surface area contributed by atoms with Crippen LogP contribution in [0.1, 0.15) is 12.6 Å². The second-order valence-corrected chi connectivity index (χ2v) is 4.82. The standard InChI is InChI=1S/C17H16N2O/c1-13-12-15-8-6-7-11-17(15)18(13)19(14(2)20)16-9-4-3-5-10-16/h3-12H,1-2H3. The summed E-state index contributed by atoms with van der Waals surface area (Å²) in [7, 11) is 0. The van der Waals surface area contributed by atoms with Crippen molar-refractivity contribution in [3.63, 3.8) is 0 Å². The van der Waals surface area contributed by atoms with Crippen LogP contribution in [-0.2, 0) is 4.79 Å². The third-order valence-electron chi connectivity index (χ3n) is 3.36. The molecule has 0 spiro atoms. The van der Waals surface area contributed by atoms with E-state index in [-0.39, 0.29) is 5.91 Å². The maximum absolute atomic E-state index is 12.1. The van der Waals surface area contributed by atoms with Gasteiger partial charge in [0.1, 0.15) is 0 Å². The summed E-state index contributed by atoms with van der Waals surface area (Å²) in [4.78, 5) is 12.1. The Morgan fingerprint density at radius 2 is 1.65 bits per heavy atom. The van der Waals surface area contributed by atoms with Crippen LogP contribution in [0.2, 0.25) is 0 Å². The van der Waals surface area contributed by atoms with Crippen molar-refractivity contribution in [2.45, 2.75) is 13.8 Å². The molecule has 3 nitrogen and oxygen atoms in total. The van der Waals surface area contributed by atoms with Gasteiger partial charge in [0.2, 0.25) is 5.91 Å². The average Bonchev–Trinajstić information content (AvgIpc) is 2.77. The molecule has 3 aromatic rings. The van der Waals surface area contributed by atoms with E-state index >= 15 is 0 Å². The molecule has 1 aromatic heterocycles. The second kappa shape index (κ2) is 4.85. The van der Waals surface area contributed by atoms with Crippen LogP contribution in [0.25, 0.3) is 10.9 Å². The van der Waals surface area contributed by atoms with E-state index in [1.54, 1.807) is 11.9 Å². The lowest BCUT2D eigenvalue weighted by Crippen LogP contribution is -2.34. The molecule has 3 rings (SSSR count). The molecule has 0 unspecified atom stereocenters. The number of para-hydroxylation sites is 2. The normalized spacial score (nSPS) is 10.7. The third-order valence-corrected chi connectivity index (χ3v) is 3.36. The smallest absolute Gasteiger partial charge is 0.243 e. The van der Waals surface area contributed by atoms with Gasteiger partial charge in [0.25, 0.3) is 0 Å². The molecule has 0 aliphatic rings. The SMILES string of the molecule is CC(=O)N(c1ccccc1)n1c(C)cc2ccccc21. The Kier molecular flexibility index (Phi) is 3.03. The quantitative estimate of drug-likeness (QED) is 0.691. The third kappa shape index (κ3) is 1.97. The number of fused-ring (bicyclic) bond motifs is 1. The lowest BCUT2D eigenvalue weighted by atomic mass is 10.2. The summed E-state index contributed by atoms with van der Waals surface area (Å²) in [5.41, 5.74) is 2.93. The van der Waals surface area contributed by atoms with E-state index in [1.165, 1.54) is 0 Å². The van der Waals surface area contributed by atoms with Crippen LogP contribution in [-0.4, -0.2) is 10.6 Å². The van der Waals surface area contributed by atoms with E-state index in [0.29, 0.717) is 0 Å². The summed E-state index contributed by atoms with van der Waals surface area (Å²) in [6.07, 6.45) is 0. The highest BCUT2D eigenvalue weighted by atomic mass is 16.2. The van der Waals surface area contributed by atoms with Crippen molar-refractivity contribution in [1.29, 1.82) is 0 Å². The van der Waals surface area contributed by atoms with Gasteiger partial charge in [0.05, 0.1) is 11.2 Å². The number of aryl methyl sites for hydroxylation is 1. The Morgan fingerprint density at radius 3 is 2.35 bits per heavy atom. The highest BCUT2D eigenvalue weighted by Crippen LogP contribution is 2.24. The molecule has 0 atom stereocenters. The number of amides is 1. The molecule has 0 fully saturated rings. The molecule has 2 aromatic carbocycles. The first-order valence-electron chi connectivity index (χ1n) is 6.61. The largest absolute Gasteiger partial charge is 0.273 e. The van der Waals surface area contributed by atoms with Crippen LogP contribution >= 0.6 is 0 Å². The summed E-state index contributed by atoms with van der Waals surface area (Å²) in [5, 5.41) is 2.84. The maximum Gasteiger partial charge on any atom is 0.243 e. The van der Waals surface area contributed by atoms with Crippen LogP contribution in [0.5, 0.6) is 0 Å². The molecular formula is C17H16N2O. The first-order chi connectivity index (χ1) is 9.68. The monoisotopic (exact) mass is 264 g/mol. The van der Waals surface area contributed by atoms with Crippen molar-refractivity contribution in [2.75, 3.05) is 5.01 Å². The molecule has 0 saturated carbocycles. The van der Waals surface area contributed by atoms with Gasteiger partial charge >= 0.3 is 0 Å². The number of hydrogen-bond acceptors (Lipinski definition) is 1. The van der Waals surface area contributed by atoms with Crippen LogP contribution in [0.15, 0.2) is 60.7 Å². The van der Waals surface area contributed by atoms with E-state index < -0.39 is 0 Å². The molecule has 0 radical (unpaired) electrons. The summed E-state index contributed by atoms with van der Waals surface area (Å²) < 4.78 is 1.97. The van der Waals surface area contributed by atoms with Crippen molar-refractivity contribution < 1.29 is 4.79 Å². The highest BCUT2D eigenvalue weighted by molar-refractivity contribution is 5.94. The zero-order valence-corrected chi connectivity index (χ0v) is 11.6. The summed E-state index contributed by atoms with van der Waals surface area (Å²) in [6, 6.07) is 19.9. The Bertz CT molecular complexity index is 759. The van der Waals surface area contributed by atoms with Gasteiger partial charge < -0.3 is 0 Å². The lowest BCUT2D eigenvalue weighted by molar-refractivity contribution is -0.117. The number of nitrogens with zero attached hydrogens (tertiary/aromatic N) is 2. The van der Waals surface area contributed by atoms with E-state index in [1.807, 2.05) is 60.1 Å². The zero-order chi connectivity index (χ0) is 14.1. The Morgan fingerprint density at radius 1 is 1.00 bits per heavy atom. The minimum atomic E-state index is -0.0133. The number of anilines is 1. The number of hydrogen-bond donors (Lipinski definition) is 0. The van der Waals surface area contributed by atoms with Gasteiger partial charge in [-0.3, -0.25) is 9.47 Å². The van der Waals surface area contributed by atoms with Crippen LogP contribution in [0, 0.1) is 6.92 Å². The molecule has 0 aliphatic carbocycles. The van der Waals surface area contributed by atoms with Crippen molar-refractivity contribution in [2.24, 2.45) is 0 Å². The van der Waals surface area contributed by atoms with E-state index in [0.717, 1.165) is 22.3 Å². The average molecular weight is 264 g/mol. The van der Waals surface area contributed by atoms with Crippen molar-refractivity contribution in [3.05, 3.63) is 66.4 Å². The molecule has 100 valence electrons. The predicted octanol–water partition coefficient (Wildman–Crippen LogP) is 3.77. The Balaban J connectivity index is 2.26. The van der Waals surface area contributed by atoms with Crippen molar-refractivity contribution in [1.82, 2.24) is 4.68 Å². The first-order valence-corrected chi connectivity index (χ1v) is 6.61. The van der Waals surface area contributed by atoms with Crippen LogP contribution < -0.4 is 5.01 Å². The molecule has 1 amide bonds. The van der Waals surface area contributed by atoms with Crippen LogP contribution in [0.3, 0.4) is 0 Å². The molecule has 0 N–H and O–H groups in total. The molecular weight excluding hydrogens is 248 g/mol. The van der Waals surface area contributed by atoms with Gasteiger partial charge in [-0.25, -0.2) is 5.01 Å². The fourth-order valence-corrected chi connectivity index (χ4v) is 2.55. The van der Waals surface area contributed by atoms with E-state index in [2.05, 4.69) is 12.1 Å². The van der Waals surface area contributed by atoms with Gasteiger partial charge in [0.15, 0.2) is 0 Å². The zero-order valence-electron chi connectivity index (χ0n) is 11.6. The predicted molar refractivity (Wildman–Crippen MR) is 81.7 cm³/mol. The highest BCUT2D eigenvalue weighted by Gasteiger charge is 2.17. The summed E-state index contributed by atoms with van der Waals surface area (Å²) in [6.45, 7) is 3.60. The molecule has 3 heteroatoms. The lowest BCUT2D eigenvalue weighted by Gasteiger charge is -2.25. The van der Waals surface area contributed by atoms with Gasteiger partial charge in [-0.1, -0.05) is 36.4 Å². The number of carbonyl (C=O) groups excluding carboxylic acids is 1. The van der Waals surface area contributed by atoms with Crippen molar-refractivity contribution in [3.8, 4) is 0 Å². The minimum absolute atomic E-state index is 0.0133. The number of carbonyl (C=O) groups is 1. The summed E-state index contributed by atoms with van der Waals surface area (Å²) >= 11 is 0. The number of aromatic nitrogens is 1. The van der Waals surface area contributed by atoms with Gasteiger partial charge in [-0.05, 0) is 31.2 Å². The fourth-order valence-electron chi connectivity index (χ4n) is 2.55. The molecule has 20 heavy (non-hydrogen) atoms. The van der Waals surface area contributed by atoms with Gasteiger partial charge in [0, 0.05) is 18.0 Å². The van der Waals surface area contributed by atoms with Gasteiger partial charge in [-0.15, -0.1) is 0 Å². The maximum atomic E-state index is 12.1. The fraction of sp³-hybridized carbons (Fsp3) is 0.118. The van der Waals surface area contributed by atoms with E-state index in [9.17, 15) is 4.79 Å². The summed E-state index contributed by atoms with van der Waals surface area (Å²) in [5.74, 6) is -0.0133. The Labute approximate surface area is 118 Å². The molecule has 0 bridgehead atoms. The number of benzene rings is 2. The number of rotatable bonds is 2. The molecule has 1 heterocycles. The van der Waals surface area contributed by atoms with Crippen LogP contribution in [0.4, 0.5) is 5.69 Å².